The molecule has 12 heteroatoms. The molecule has 28 heavy (non-hydrogen) atoms. The Bertz CT molecular complexity index is 946. The highest BCUT2D eigenvalue weighted by Crippen LogP contribution is 2.35. The zero-order valence-corrected chi connectivity index (χ0v) is 16.5. The van der Waals surface area contributed by atoms with E-state index in [1.54, 1.807) is 18.5 Å². The number of nitrogens with one attached hydrogen (secondary N) is 1. The van der Waals surface area contributed by atoms with E-state index in [2.05, 4.69) is 20.3 Å². The van der Waals surface area contributed by atoms with E-state index in [0.29, 0.717) is 31.8 Å². The van der Waals surface area contributed by atoms with E-state index in [1.807, 2.05) is 0 Å². The quantitative estimate of drug-likeness (QED) is 0.817. The average molecular weight is 418 g/mol. The first-order valence-corrected chi connectivity index (χ1v) is 10.5. The Balaban J connectivity index is 1.85. The van der Waals surface area contributed by atoms with Crippen molar-refractivity contribution in [2.75, 3.05) is 24.7 Å². The molecule has 0 bridgehead atoms. The van der Waals surface area contributed by atoms with Gasteiger partial charge in [-0.2, -0.15) is 13.2 Å². The number of aromatic nitrogens is 4. The molecule has 1 aliphatic rings. The molecule has 0 saturated carbocycles. The number of halogens is 3. The number of hydrogen-bond donors (Lipinski definition) is 1. The summed E-state index contributed by atoms with van der Waals surface area (Å²) in [6.45, 7) is 2.36. The van der Waals surface area contributed by atoms with E-state index in [1.165, 1.54) is 10.5 Å². The first kappa shape index (κ1) is 20.5. The Morgan fingerprint density at radius 1 is 1.21 bits per heavy atom. The number of hydrogen-bond acceptors (Lipinski definition) is 6. The highest BCUT2D eigenvalue weighted by atomic mass is 32.2. The second-order valence-corrected chi connectivity index (χ2v) is 8.80. The molecule has 3 rings (SSSR count). The maximum Gasteiger partial charge on any atom is 0.420 e. The molecular formula is C16H21F3N6O2S. The number of rotatable bonds is 4. The van der Waals surface area contributed by atoms with Crippen LogP contribution in [0.15, 0.2) is 12.4 Å². The summed E-state index contributed by atoms with van der Waals surface area (Å²) in [5, 5.41) is 3.02. The van der Waals surface area contributed by atoms with E-state index in [-0.39, 0.29) is 23.4 Å². The minimum atomic E-state index is -4.61. The lowest BCUT2D eigenvalue weighted by molar-refractivity contribution is -0.137. The predicted molar refractivity (Wildman–Crippen MR) is 97.0 cm³/mol. The van der Waals surface area contributed by atoms with Gasteiger partial charge in [0, 0.05) is 38.6 Å². The number of anilines is 1. The van der Waals surface area contributed by atoms with Gasteiger partial charge in [-0.3, -0.25) is 0 Å². The molecule has 2 aromatic heterocycles. The minimum absolute atomic E-state index is 0.0594. The molecule has 1 saturated heterocycles. The van der Waals surface area contributed by atoms with Gasteiger partial charge in [-0.05, 0) is 19.8 Å². The van der Waals surface area contributed by atoms with Crippen LogP contribution in [-0.2, 0) is 23.2 Å². The van der Waals surface area contributed by atoms with Gasteiger partial charge in [-0.15, -0.1) is 0 Å². The zero-order valence-electron chi connectivity index (χ0n) is 15.7. The molecule has 0 aromatic carbocycles. The van der Waals surface area contributed by atoms with Crippen LogP contribution in [0.2, 0.25) is 0 Å². The van der Waals surface area contributed by atoms with Gasteiger partial charge in [0.15, 0.2) is 0 Å². The molecule has 1 N–H and O–H groups in total. The van der Waals surface area contributed by atoms with Crippen LogP contribution in [0.4, 0.5) is 19.1 Å². The summed E-state index contributed by atoms with van der Waals surface area (Å²) in [5.41, 5.74) is -1.13. The molecule has 1 aliphatic heterocycles. The van der Waals surface area contributed by atoms with Crippen LogP contribution >= 0.6 is 0 Å². The lowest BCUT2D eigenvalue weighted by Crippen LogP contribution is -2.42. The summed E-state index contributed by atoms with van der Waals surface area (Å²) in [6.07, 6.45) is -0.201. The molecule has 154 valence electrons. The van der Waals surface area contributed by atoms with Crippen LogP contribution in [-0.4, -0.2) is 57.6 Å². The highest BCUT2D eigenvalue weighted by molar-refractivity contribution is 7.88. The largest absolute Gasteiger partial charge is 0.420 e. The fourth-order valence-corrected chi connectivity index (χ4v) is 3.92. The lowest BCUT2D eigenvalue weighted by atomic mass is 10.1. The molecule has 8 nitrogen and oxygen atoms in total. The Morgan fingerprint density at radius 2 is 1.86 bits per heavy atom. The topological polar surface area (TPSA) is 93.0 Å². The molecule has 0 unspecified atom stereocenters. The van der Waals surface area contributed by atoms with Gasteiger partial charge < -0.3 is 9.88 Å². The Kier molecular flexibility index (Phi) is 5.36. The maximum atomic E-state index is 13.4. The van der Waals surface area contributed by atoms with Crippen LogP contribution in [0.25, 0.3) is 11.4 Å². The van der Waals surface area contributed by atoms with Crippen molar-refractivity contribution in [3.8, 4) is 11.4 Å². The van der Waals surface area contributed by atoms with E-state index in [4.69, 9.17) is 0 Å². The maximum absolute atomic E-state index is 13.4. The summed E-state index contributed by atoms with van der Waals surface area (Å²) < 4.78 is 66.3. The summed E-state index contributed by atoms with van der Waals surface area (Å²) in [7, 11) is -1.56. The third-order valence-corrected chi connectivity index (χ3v) is 6.00. The van der Waals surface area contributed by atoms with Crippen molar-refractivity contribution < 1.29 is 21.6 Å². The average Bonchev–Trinajstić information content (AvgIpc) is 2.92. The van der Waals surface area contributed by atoms with Crippen molar-refractivity contribution in [3.63, 3.8) is 0 Å². The molecule has 0 radical (unpaired) electrons. The number of imidazole rings is 1. The molecule has 0 aliphatic carbocycles. The smallest absolute Gasteiger partial charge is 0.351 e. The third kappa shape index (κ3) is 4.43. The van der Waals surface area contributed by atoms with Gasteiger partial charge in [0.1, 0.15) is 22.8 Å². The minimum Gasteiger partial charge on any atom is -0.351 e. The van der Waals surface area contributed by atoms with Gasteiger partial charge in [0.25, 0.3) is 0 Å². The number of nitrogens with zero attached hydrogens (tertiary/aromatic N) is 5. The van der Waals surface area contributed by atoms with Crippen molar-refractivity contribution in [2.24, 2.45) is 7.05 Å². The SMILES string of the molecule is Cc1nc(-c2nc(NC3CCN(S(C)(=O)=O)CC3)ncc2C(F)(F)F)cn1C. The summed E-state index contributed by atoms with van der Waals surface area (Å²) in [6, 6.07) is -0.131. The van der Waals surface area contributed by atoms with Crippen LogP contribution in [0.3, 0.4) is 0 Å². The van der Waals surface area contributed by atoms with Gasteiger partial charge in [0.05, 0.1) is 6.26 Å². The first-order chi connectivity index (χ1) is 12.9. The monoisotopic (exact) mass is 418 g/mol. The summed E-state index contributed by atoms with van der Waals surface area (Å²) in [5.74, 6) is 0.619. The predicted octanol–water partition coefficient (Wildman–Crippen LogP) is 2.04. The molecule has 0 amide bonds. The Labute approximate surface area is 160 Å². The van der Waals surface area contributed by atoms with E-state index >= 15 is 0 Å². The lowest BCUT2D eigenvalue weighted by Gasteiger charge is -2.30. The molecule has 0 spiro atoms. The van der Waals surface area contributed by atoms with E-state index in [0.717, 1.165) is 12.5 Å². The fraction of sp³-hybridized carbons (Fsp3) is 0.562. The molecule has 3 heterocycles. The molecule has 0 atom stereocenters. The van der Waals surface area contributed by atoms with Crippen LogP contribution in [0.5, 0.6) is 0 Å². The highest BCUT2D eigenvalue weighted by Gasteiger charge is 2.36. The van der Waals surface area contributed by atoms with Crippen molar-refractivity contribution in [3.05, 3.63) is 23.8 Å². The Morgan fingerprint density at radius 3 is 2.36 bits per heavy atom. The molecule has 2 aromatic rings. The second-order valence-electron chi connectivity index (χ2n) is 6.82. The van der Waals surface area contributed by atoms with Crippen molar-refractivity contribution in [1.82, 2.24) is 23.8 Å². The number of sulfonamides is 1. The van der Waals surface area contributed by atoms with E-state index in [9.17, 15) is 21.6 Å². The van der Waals surface area contributed by atoms with Crippen molar-refractivity contribution in [2.45, 2.75) is 32.0 Å². The van der Waals surface area contributed by atoms with Crippen LogP contribution in [0, 0.1) is 6.92 Å². The van der Waals surface area contributed by atoms with Gasteiger partial charge in [0.2, 0.25) is 16.0 Å². The molecule has 1 fully saturated rings. The van der Waals surface area contributed by atoms with Crippen LogP contribution < -0.4 is 5.32 Å². The summed E-state index contributed by atoms with van der Waals surface area (Å²) in [4.78, 5) is 12.0. The van der Waals surface area contributed by atoms with Crippen molar-refractivity contribution >= 4 is 16.0 Å². The first-order valence-electron chi connectivity index (χ1n) is 8.61. The third-order valence-electron chi connectivity index (χ3n) is 4.70. The van der Waals surface area contributed by atoms with Gasteiger partial charge >= 0.3 is 6.18 Å². The summed E-state index contributed by atoms with van der Waals surface area (Å²) >= 11 is 0. The number of alkyl halides is 3. The zero-order chi connectivity index (χ0) is 20.7. The second kappa shape index (κ2) is 7.32. The van der Waals surface area contributed by atoms with Crippen molar-refractivity contribution in [1.29, 1.82) is 0 Å². The van der Waals surface area contributed by atoms with Crippen LogP contribution in [0.1, 0.15) is 24.2 Å². The fourth-order valence-electron chi connectivity index (χ4n) is 3.04. The van der Waals surface area contributed by atoms with Gasteiger partial charge in [-0.25, -0.2) is 27.7 Å². The molecular weight excluding hydrogens is 397 g/mol. The standard InChI is InChI=1S/C16H21F3N6O2S/c1-10-21-13(9-24(10)2)14-12(16(17,18)19)8-20-15(23-14)22-11-4-6-25(7-5-11)28(3,26)27/h8-9,11H,4-7H2,1-3H3,(H,20,22,23). The Hall–Kier alpha value is -2.21. The number of piperidine rings is 1. The van der Waals surface area contributed by atoms with E-state index < -0.39 is 21.8 Å². The van der Waals surface area contributed by atoms with Gasteiger partial charge in [-0.1, -0.05) is 0 Å². The number of aryl methyl sites for hydroxylation is 2. The normalized spacial score (nSPS) is 17.1.